The smallest absolute Gasteiger partial charge is 0.218 e. The monoisotopic (exact) mass is 312 g/mol. The van der Waals surface area contributed by atoms with Gasteiger partial charge in [0.25, 0.3) is 0 Å². The van der Waals surface area contributed by atoms with Crippen molar-refractivity contribution in [2.24, 2.45) is 11.7 Å². The van der Waals surface area contributed by atoms with Crippen LogP contribution in [0.4, 0.5) is 0 Å². The molecule has 0 unspecified atom stereocenters. The second-order valence-corrected chi connectivity index (χ2v) is 7.62. The van der Waals surface area contributed by atoms with Crippen molar-refractivity contribution in [3.05, 3.63) is 35.4 Å². The van der Waals surface area contributed by atoms with Crippen molar-refractivity contribution in [1.82, 2.24) is 4.31 Å². The molecule has 1 saturated carbocycles. The molecule has 0 spiro atoms. The van der Waals surface area contributed by atoms with Crippen LogP contribution in [-0.2, 0) is 15.8 Å². The normalized spacial score (nSPS) is 15.5. The molecule has 0 atom stereocenters. The lowest BCUT2D eigenvalue weighted by Gasteiger charge is -2.20. The molecule has 110 valence electrons. The predicted molar refractivity (Wildman–Crippen MR) is 84.9 cm³/mol. The number of benzene rings is 1. The van der Waals surface area contributed by atoms with Crippen LogP contribution >= 0.6 is 12.2 Å². The van der Waals surface area contributed by atoms with E-state index in [9.17, 15) is 8.42 Å². The zero-order chi connectivity index (χ0) is 14.8. The van der Waals surface area contributed by atoms with Gasteiger partial charge in [-0.2, -0.15) is 0 Å². The van der Waals surface area contributed by atoms with Gasteiger partial charge in [-0.25, -0.2) is 12.7 Å². The Labute approximate surface area is 126 Å². The molecule has 1 aromatic carbocycles. The van der Waals surface area contributed by atoms with Gasteiger partial charge in [0.15, 0.2) is 0 Å². The Morgan fingerprint density at radius 3 is 2.40 bits per heavy atom. The Balaban J connectivity index is 2.07. The molecule has 4 nitrogen and oxygen atoms in total. The highest BCUT2D eigenvalue weighted by atomic mass is 32.2. The molecule has 0 heterocycles. The molecule has 6 heteroatoms. The van der Waals surface area contributed by atoms with Gasteiger partial charge < -0.3 is 5.73 Å². The van der Waals surface area contributed by atoms with Crippen LogP contribution in [0.5, 0.6) is 0 Å². The lowest BCUT2D eigenvalue weighted by atomic mass is 10.1. The molecule has 0 amide bonds. The average molecular weight is 312 g/mol. The van der Waals surface area contributed by atoms with E-state index in [1.807, 2.05) is 6.92 Å². The average Bonchev–Trinajstić information content (AvgIpc) is 3.19. The summed E-state index contributed by atoms with van der Waals surface area (Å²) in [7, 11) is -3.24. The van der Waals surface area contributed by atoms with E-state index in [1.165, 1.54) is 0 Å². The molecule has 1 aliphatic carbocycles. The summed E-state index contributed by atoms with van der Waals surface area (Å²) in [5.74, 6) is 0.590. The summed E-state index contributed by atoms with van der Waals surface area (Å²) in [5.41, 5.74) is 7.05. The van der Waals surface area contributed by atoms with Gasteiger partial charge in [0, 0.05) is 18.7 Å². The third-order valence-electron chi connectivity index (χ3n) is 3.49. The maximum absolute atomic E-state index is 12.4. The van der Waals surface area contributed by atoms with E-state index in [0.717, 1.165) is 24.0 Å². The largest absolute Gasteiger partial charge is 0.389 e. The second-order valence-electron chi connectivity index (χ2n) is 5.21. The van der Waals surface area contributed by atoms with Crippen molar-refractivity contribution in [2.75, 3.05) is 13.1 Å². The van der Waals surface area contributed by atoms with Crippen molar-refractivity contribution in [1.29, 1.82) is 0 Å². The topological polar surface area (TPSA) is 63.4 Å². The molecule has 1 aromatic rings. The molecule has 1 aliphatic rings. The first kappa shape index (κ1) is 15.4. The number of nitrogens with two attached hydrogens (primary N) is 1. The zero-order valence-electron chi connectivity index (χ0n) is 11.6. The van der Waals surface area contributed by atoms with Gasteiger partial charge in [0.05, 0.1) is 5.75 Å². The Kier molecular flexibility index (Phi) is 4.78. The van der Waals surface area contributed by atoms with Crippen LogP contribution in [0.15, 0.2) is 24.3 Å². The molecule has 0 saturated heterocycles. The highest BCUT2D eigenvalue weighted by Gasteiger charge is 2.29. The van der Waals surface area contributed by atoms with E-state index in [1.54, 1.807) is 28.6 Å². The van der Waals surface area contributed by atoms with Gasteiger partial charge >= 0.3 is 0 Å². The van der Waals surface area contributed by atoms with E-state index < -0.39 is 10.0 Å². The fraction of sp³-hybridized carbons (Fsp3) is 0.500. The summed E-state index contributed by atoms with van der Waals surface area (Å²) >= 11 is 4.88. The molecule has 0 bridgehead atoms. The molecular weight excluding hydrogens is 292 g/mol. The van der Waals surface area contributed by atoms with Crippen LogP contribution in [0.25, 0.3) is 0 Å². The third kappa shape index (κ3) is 4.01. The lowest BCUT2D eigenvalue weighted by molar-refractivity contribution is 0.411. The summed E-state index contributed by atoms with van der Waals surface area (Å²) in [6.07, 6.45) is 2.29. The van der Waals surface area contributed by atoms with Gasteiger partial charge in [-0.3, -0.25) is 0 Å². The molecular formula is C14H20N2O2S2. The number of rotatable bonds is 7. The van der Waals surface area contributed by atoms with E-state index in [0.29, 0.717) is 24.0 Å². The molecule has 1 fully saturated rings. The molecule has 2 rings (SSSR count). The quantitative estimate of drug-likeness (QED) is 0.781. The summed E-state index contributed by atoms with van der Waals surface area (Å²) in [4.78, 5) is 0.323. The van der Waals surface area contributed by atoms with Crippen molar-refractivity contribution < 1.29 is 8.42 Å². The molecule has 20 heavy (non-hydrogen) atoms. The Morgan fingerprint density at radius 1 is 1.35 bits per heavy atom. The van der Waals surface area contributed by atoms with Crippen LogP contribution in [0, 0.1) is 5.92 Å². The molecule has 0 aliphatic heterocycles. The Bertz CT molecular complexity index is 578. The van der Waals surface area contributed by atoms with Crippen LogP contribution in [0.3, 0.4) is 0 Å². The summed E-state index contributed by atoms with van der Waals surface area (Å²) in [5, 5.41) is 0. The van der Waals surface area contributed by atoms with Gasteiger partial charge in [-0.1, -0.05) is 43.4 Å². The minimum absolute atomic E-state index is 0.0329. The van der Waals surface area contributed by atoms with Crippen molar-refractivity contribution in [3.63, 3.8) is 0 Å². The Morgan fingerprint density at radius 2 is 1.95 bits per heavy atom. The van der Waals surface area contributed by atoms with Gasteiger partial charge in [0.2, 0.25) is 10.0 Å². The highest BCUT2D eigenvalue weighted by Crippen LogP contribution is 2.30. The summed E-state index contributed by atoms with van der Waals surface area (Å²) in [6.45, 7) is 3.07. The number of thiocarbonyl (C=S) groups is 1. The standard InChI is InChI=1S/C14H20N2O2S2/c1-2-16(9-11-3-4-11)20(17,18)10-12-5-7-13(8-6-12)14(15)19/h5-8,11H,2-4,9-10H2,1H3,(H2,15,19). The maximum Gasteiger partial charge on any atom is 0.218 e. The lowest BCUT2D eigenvalue weighted by Crippen LogP contribution is -2.33. The summed E-state index contributed by atoms with van der Waals surface area (Å²) in [6, 6.07) is 7.09. The Hall–Kier alpha value is -0.980. The zero-order valence-corrected chi connectivity index (χ0v) is 13.2. The van der Waals surface area contributed by atoms with Gasteiger partial charge in [-0.05, 0) is 24.3 Å². The highest BCUT2D eigenvalue weighted by molar-refractivity contribution is 7.88. The van der Waals surface area contributed by atoms with Crippen molar-refractivity contribution in [2.45, 2.75) is 25.5 Å². The fourth-order valence-electron chi connectivity index (χ4n) is 2.09. The number of hydrogen-bond acceptors (Lipinski definition) is 3. The first-order valence-electron chi connectivity index (χ1n) is 6.79. The molecule has 0 aromatic heterocycles. The number of hydrogen-bond donors (Lipinski definition) is 1. The number of sulfonamides is 1. The maximum atomic E-state index is 12.4. The van der Waals surface area contributed by atoms with Crippen molar-refractivity contribution in [3.8, 4) is 0 Å². The van der Waals surface area contributed by atoms with Crippen LogP contribution < -0.4 is 5.73 Å². The first-order valence-corrected chi connectivity index (χ1v) is 8.80. The van der Waals surface area contributed by atoms with E-state index in [-0.39, 0.29) is 5.75 Å². The SMILES string of the molecule is CCN(CC1CC1)S(=O)(=O)Cc1ccc(C(N)=S)cc1. The number of nitrogens with zero attached hydrogens (tertiary/aromatic N) is 1. The van der Waals surface area contributed by atoms with E-state index >= 15 is 0 Å². The van der Waals surface area contributed by atoms with Crippen LogP contribution in [-0.4, -0.2) is 30.8 Å². The van der Waals surface area contributed by atoms with E-state index in [4.69, 9.17) is 18.0 Å². The predicted octanol–water partition coefficient (Wildman–Crippen LogP) is 1.88. The van der Waals surface area contributed by atoms with Crippen molar-refractivity contribution >= 4 is 27.2 Å². The van der Waals surface area contributed by atoms with E-state index in [2.05, 4.69) is 0 Å². The van der Waals surface area contributed by atoms with Gasteiger partial charge in [-0.15, -0.1) is 0 Å². The fourth-order valence-corrected chi connectivity index (χ4v) is 3.86. The van der Waals surface area contributed by atoms with Crippen LogP contribution in [0.2, 0.25) is 0 Å². The van der Waals surface area contributed by atoms with Gasteiger partial charge in [0.1, 0.15) is 4.99 Å². The second kappa shape index (κ2) is 6.20. The summed E-state index contributed by atoms with van der Waals surface area (Å²) < 4.78 is 26.4. The minimum Gasteiger partial charge on any atom is -0.389 e. The molecule has 2 N–H and O–H groups in total. The third-order valence-corrected chi connectivity index (χ3v) is 5.62. The first-order chi connectivity index (χ1) is 9.42. The molecule has 0 radical (unpaired) electrons. The van der Waals surface area contributed by atoms with Crippen LogP contribution in [0.1, 0.15) is 30.9 Å². The minimum atomic E-state index is -3.24.